The molecule has 0 saturated heterocycles. The zero-order valence-electron chi connectivity index (χ0n) is 19.1. The van der Waals surface area contributed by atoms with Crippen molar-refractivity contribution in [1.82, 2.24) is 4.90 Å². The van der Waals surface area contributed by atoms with E-state index in [1.165, 1.54) is 4.90 Å². The minimum atomic E-state index is -1.08. The average molecular weight is 480 g/mol. The Morgan fingerprint density at radius 1 is 1.12 bits per heavy atom. The van der Waals surface area contributed by atoms with Crippen LogP contribution in [0.5, 0.6) is 11.5 Å². The predicted molar refractivity (Wildman–Crippen MR) is 130 cm³/mol. The van der Waals surface area contributed by atoms with Crippen molar-refractivity contribution in [3.63, 3.8) is 0 Å². The maximum absolute atomic E-state index is 13.3. The van der Waals surface area contributed by atoms with E-state index in [-0.39, 0.29) is 12.5 Å². The highest BCUT2D eigenvalue weighted by Crippen LogP contribution is 2.38. The van der Waals surface area contributed by atoms with Crippen LogP contribution in [-0.4, -0.2) is 41.1 Å². The second-order valence-corrected chi connectivity index (χ2v) is 9.16. The average Bonchev–Trinajstić information content (AvgIpc) is 3.14. The SMILES string of the molecule is COc1ccccc1CN(CC(=O)O)C(=O)c1ccc2c(c1)C[C@@](C)(Cc1ccc(Cl)cc1)O2. The maximum atomic E-state index is 13.3. The van der Waals surface area contributed by atoms with Gasteiger partial charge < -0.3 is 19.5 Å². The summed E-state index contributed by atoms with van der Waals surface area (Å²) in [6.45, 7) is 1.75. The molecule has 4 rings (SSSR count). The highest BCUT2D eigenvalue weighted by atomic mass is 35.5. The van der Waals surface area contributed by atoms with E-state index >= 15 is 0 Å². The number of halogens is 1. The lowest BCUT2D eigenvalue weighted by Crippen LogP contribution is -2.35. The summed E-state index contributed by atoms with van der Waals surface area (Å²) < 4.78 is 11.6. The highest BCUT2D eigenvalue weighted by molar-refractivity contribution is 6.30. The Balaban J connectivity index is 1.54. The van der Waals surface area contributed by atoms with Crippen LogP contribution < -0.4 is 9.47 Å². The Kier molecular flexibility index (Phi) is 6.80. The third kappa shape index (κ3) is 5.34. The van der Waals surface area contributed by atoms with Crippen LogP contribution in [-0.2, 0) is 24.2 Å². The molecule has 3 aromatic carbocycles. The third-order valence-electron chi connectivity index (χ3n) is 5.89. The Bertz CT molecular complexity index is 1210. The smallest absolute Gasteiger partial charge is 0.323 e. The molecule has 0 bridgehead atoms. The Hall–Kier alpha value is -3.51. The molecule has 7 heteroatoms. The number of carbonyl (C=O) groups is 2. The van der Waals surface area contributed by atoms with Gasteiger partial charge in [-0.05, 0) is 54.4 Å². The molecule has 0 fully saturated rings. The summed E-state index contributed by atoms with van der Waals surface area (Å²) in [6, 6.07) is 20.2. The molecule has 1 amide bonds. The van der Waals surface area contributed by atoms with Crippen molar-refractivity contribution in [1.29, 1.82) is 0 Å². The predicted octanol–water partition coefficient (Wildman–Crippen LogP) is 5.01. The van der Waals surface area contributed by atoms with Crippen LogP contribution in [0.1, 0.15) is 34.0 Å². The van der Waals surface area contributed by atoms with Crippen LogP contribution in [0.4, 0.5) is 0 Å². The second kappa shape index (κ2) is 9.77. The molecule has 0 aromatic heterocycles. The fraction of sp³-hybridized carbons (Fsp3) is 0.259. The molecule has 1 aliphatic rings. The normalized spacial score (nSPS) is 16.4. The van der Waals surface area contributed by atoms with Gasteiger partial charge in [0.15, 0.2) is 0 Å². The van der Waals surface area contributed by atoms with Crippen molar-refractivity contribution >= 4 is 23.5 Å². The first kappa shape index (κ1) is 23.6. The topological polar surface area (TPSA) is 76.1 Å². The van der Waals surface area contributed by atoms with Gasteiger partial charge in [-0.25, -0.2) is 0 Å². The number of aliphatic carboxylic acids is 1. The number of rotatable bonds is 8. The zero-order valence-corrected chi connectivity index (χ0v) is 19.8. The van der Waals surface area contributed by atoms with E-state index in [4.69, 9.17) is 21.1 Å². The van der Waals surface area contributed by atoms with Gasteiger partial charge >= 0.3 is 5.97 Å². The van der Waals surface area contributed by atoms with Crippen molar-refractivity contribution in [2.45, 2.75) is 31.9 Å². The molecule has 0 spiro atoms. The number of amides is 1. The molecule has 1 N–H and O–H groups in total. The molecule has 6 nitrogen and oxygen atoms in total. The van der Waals surface area contributed by atoms with Crippen molar-refractivity contribution < 1.29 is 24.2 Å². The molecule has 1 heterocycles. The van der Waals surface area contributed by atoms with E-state index < -0.39 is 18.1 Å². The Morgan fingerprint density at radius 3 is 2.56 bits per heavy atom. The summed E-state index contributed by atoms with van der Waals surface area (Å²) in [5, 5.41) is 10.1. The van der Waals surface area contributed by atoms with Crippen LogP contribution in [0.3, 0.4) is 0 Å². The summed E-state index contributed by atoms with van der Waals surface area (Å²) >= 11 is 6.00. The summed E-state index contributed by atoms with van der Waals surface area (Å²) in [5.41, 5.74) is 2.75. The lowest BCUT2D eigenvalue weighted by Gasteiger charge is -2.24. The third-order valence-corrected chi connectivity index (χ3v) is 6.14. The monoisotopic (exact) mass is 479 g/mol. The van der Waals surface area contributed by atoms with Crippen molar-refractivity contribution in [3.05, 3.63) is 94.0 Å². The van der Waals surface area contributed by atoms with Gasteiger partial charge in [0.2, 0.25) is 0 Å². The van der Waals surface area contributed by atoms with Gasteiger partial charge in [0.25, 0.3) is 5.91 Å². The molecule has 0 radical (unpaired) electrons. The van der Waals surface area contributed by atoms with Crippen molar-refractivity contribution in [3.8, 4) is 11.5 Å². The molecule has 3 aromatic rings. The van der Waals surface area contributed by atoms with Gasteiger partial charge in [0.05, 0.1) is 13.7 Å². The van der Waals surface area contributed by atoms with Crippen molar-refractivity contribution in [2.24, 2.45) is 0 Å². The molecule has 0 saturated carbocycles. The highest BCUT2D eigenvalue weighted by Gasteiger charge is 2.35. The molecule has 1 aliphatic heterocycles. The summed E-state index contributed by atoms with van der Waals surface area (Å²) in [5.74, 6) is -0.0979. The number of ether oxygens (including phenoxy) is 2. The van der Waals surface area contributed by atoms with Gasteiger partial charge in [-0.15, -0.1) is 0 Å². The van der Waals surface area contributed by atoms with Crippen LogP contribution in [0.15, 0.2) is 66.7 Å². The quantitative estimate of drug-likeness (QED) is 0.491. The Labute approximate surface area is 203 Å². The number of hydrogen-bond acceptors (Lipinski definition) is 4. The summed E-state index contributed by atoms with van der Waals surface area (Å²) in [4.78, 5) is 26.2. The summed E-state index contributed by atoms with van der Waals surface area (Å²) in [6.07, 6.45) is 1.33. The van der Waals surface area contributed by atoms with Gasteiger partial charge in [0.1, 0.15) is 23.6 Å². The lowest BCUT2D eigenvalue weighted by atomic mass is 9.91. The van der Waals surface area contributed by atoms with E-state index in [0.29, 0.717) is 29.2 Å². The fourth-order valence-corrected chi connectivity index (χ4v) is 4.50. The van der Waals surface area contributed by atoms with Gasteiger partial charge in [-0.1, -0.05) is 41.9 Å². The molecule has 0 aliphatic carbocycles. The molecule has 176 valence electrons. The number of methoxy groups -OCH3 is 1. The maximum Gasteiger partial charge on any atom is 0.323 e. The minimum absolute atomic E-state index is 0.122. The van der Waals surface area contributed by atoms with Crippen LogP contribution in [0.2, 0.25) is 5.02 Å². The molecular weight excluding hydrogens is 454 g/mol. The number of benzene rings is 3. The number of para-hydroxylation sites is 1. The zero-order chi connectivity index (χ0) is 24.3. The number of fused-ring (bicyclic) bond motifs is 1. The van der Waals surface area contributed by atoms with Crippen LogP contribution in [0.25, 0.3) is 0 Å². The van der Waals surface area contributed by atoms with Crippen LogP contribution >= 0.6 is 11.6 Å². The number of nitrogens with zero attached hydrogens (tertiary/aromatic N) is 1. The molecular formula is C27H26ClNO5. The largest absolute Gasteiger partial charge is 0.496 e. The second-order valence-electron chi connectivity index (χ2n) is 8.72. The van der Waals surface area contributed by atoms with E-state index in [1.54, 1.807) is 25.3 Å². The fourth-order valence-electron chi connectivity index (χ4n) is 4.37. The van der Waals surface area contributed by atoms with Gasteiger partial charge in [0, 0.05) is 29.0 Å². The first-order valence-corrected chi connectivity index (χ1v) is 11.3. The molecule has 34 heavy (non-hydrogen) atoms. The summed E-state index contributed by atoms with van der Waals surface area (Å²) in [7, 11) is 1.55. The van der Waals surface area contributed by atoms with E-state index in [0.717, 1.165) is 22.4 Å². The van der Waals surface area contributed by atoms with Gasteiger partial charge in [-0.2, -0.15) is 0 Å². The Morgan fingerprint density at radius 2 is 1.85 bits per heavy atom. The molecule has 0 unspecified atom stereocenters. The van der Waals surface area contributed by atoms with E-state index in [2.05, 4.69) is 0 Å². The number of carboxylic acids is 1. The lowest BCUT2D eigenvalue weighted by molar-refractivity contribution is -0.137. The van der Waals surface area contributed by atoms with E-state index in [9.17, 15) is 14.7 Å². The van der Waals surface area contributed by atoms with Crippen molar-refractivity contribution in [2.75, 3.05) is 13.7 Å². The number of carbonyl (C=O) groups excluding carboxylic acids is 1. The standard InChI is InChI=1S/C27H26ClNO5/c1-27(14-18-7-10-22(28)11-8-18)15-21-13-19(9-12-24(21)34-27)26(32)29(17-25(30)31)16-20-5-3-4-6-23(20)33-2/h3-13H,14-17H2,1-2H3,(H,30,31)/t27-/m1/s1. The molecule has 1 atom stereocenters. The first-order chi connectivity index (χ1) is 16.3. The first-order valence-electron chi connectivity index (χ1n) is 11.0. The van der Waals surface area contributed by atoms with Crippen LogP contribution in [0, 0.1) is 0 Å². The number of carboxylic acid groups (broad SMARTS) is 1. The number of hydrogen-bond donors (Lipinski definition) is 1. The minimum Gasteiger partial charge on any atom is -0.496 e. The van der Waals surface area contributed by atoms with E-state index in [1.807, 2.05) is 55.5 Å². The van der Waals surface area contributed by atoms with Gasteiger partial charge in [-0.3, -0.25) is 9.59 Å².